The fourth-order valence-corrected chi connectivity index (χ4v) is 3.03. The number of carbonyl (C=O) groups excluding carboxylic acids is 2. The molecule has 7 nitrogen and oxygen atoms in total. The number of aromatic nitrogens is 1. The average Bonchev–Trinajstić information content (AvgIpc) is 2.62. The molecule has 0 bridgehead atoms. The highest BCUT2D eigenvalue weighted by Crippen LogP contribution is 2.30. The van der Waals surface area contributed by atoms with Crippen molar-refractivity contribution in [1.29, 1.82) is 0 Å². The van der Waals surface area contributed by atoms with Gasteiger partial charge in [0.15, 0.2) is 0 Å². The quantitative estimate of drug-likeness (QED) is 0.654. The molecule has 9 heteroatoms. The van der Waals surface area contributed by atoms with Crippen LogP contribution < -0.4 is 4.74 Å². The molecule has 1 atom stereocenters. The third-order valence-electron chi connectivity index (χ3n) is 3.95. The van der Waals surface area contributed by atoms with E-state index in [0.29, 0.717) is 6.54 Å². The molecule has 0 saturated carbocycles. The molecular weight excluding hydrogens is 353 g/mol. The molecule has 0 N–H and O–H groups in total. The SMILES string of the molecule is CC(C)(C)OC(=O)N1CCN2C(=O)c3c(cc(Cl)nc3F)OC[C@H]2C1. The highest BCUT2D eigenvalue weighted by molar-refractivity contribution is 6.29. The van der Waals surface area contributed by atoms with Gasteiger partial charge in [-0.1, -0.05) is 11.6 Å². The van der Waals surface area contributed by atoms with Crippen LogP contribution in [0.5, 0.6) is 5.75 Å². The first kappa shape index (κ1) is 17.7. The Kier molecular flexibility index (Phi) is 4.49. The van der Waals surface area contributed by atoms with Gasteiger partial charge in [-0.25, -0.2) is 9.78 Å². The zero-order valence-corrected chi connectivity index (χ0v) is 15.0. The Morgan fingerprint density at radius 1 is 1.44 bits per heavy atom. The molecule has 0 aromatic carbocycles. The van der Waals surface area contributed by atoms with Crippen molar-refractivity contribution < 1.29 is 23.5 Å². The number of piperazine rings is 1. The zero-order chi connectivity index (χ0) is 18.4. The average molecular weight is 372 g/mol. The smallest absolute Gasteiger partial charge is 0.410 e. The fourth-order valence-electron chi connectivity index (χ4n) is 2.86. The van der Waals surface area contributed by atoms with Gasteiger partial charge in [-0.15, -0.1) is 0 Å². The van der Waals surface area contributed by atoms with E-state index in [1.54, 1.807) is 20.8 Å². The molecule has 0 spiro atoms. The van der Waals surface area contributed by atoms with E-state index < -0.39 is 29.6 Å². The van der Waals surface area contributed by atoms with E-state index in [2.05, 4.69) is 4.98 Å². The number of carbonyl (C=O) groups is 2. The third-order valence-corrected chi connectivity index (χ3v) is 4.14. The summed E-state index contributed by atoms with van der Waals surface area (Å²) in [6, 6.07) is 0.918. The first-order chi connectivity index (χ1) is 11.7. The summed E-state index contributed by atoms with van der Waals surface area (Å²) < 4.78 is 25.0. The molecule has 1 aromatic heterocycles. The van der Waals surface area contributed by atoms with Crippen LogP contribution in [0.25, 0.3) is 0 Å². The van der Waals surface area contributed by atoms with E-state index in [9.17, 15) is 14.0 Å². The van der Waals surface area contributed by atoms with Gasteiger partial charge in [0.25, 0.3) is 5.91 Å². The molecule has 0 unspecified atom stereocenters. The van der Waals surface area contributed by atoms with E-state index in [-0.39, 0.29) is 36.2 Å². The number of fused-ring (bicyclic) bond motifs is 2. The molecule has 2 aliphatic rings. The second-order valence-corrected chi connectivity index (χ2v) is 7.39. The van der Waals surface area contributed by atoms with Crippen molar-refractivity contribution in [1.82, 2.24) is 14.8 Å². The van der Waals surface area contributed by atoms with E-state index in [1.165, 1.54) is 15.9 Å². The standard InChI is InChI=1S/C16H19ClFN3O4/c1-16(2,3)25-15(23)20-4-5-21-9(7-20)8-24-10-6-11(17)19-13(18)12(10)14(21)22/h6,9H,4-5,7-8H2,1-3H3/t9-/m1/s1. The summed E-state index contributed by atoms with van der Waals surface area (Å²) in [5.41, 5.74) is -0.830. The second kappa shape index (κ2) is 6.33. The van der Waals surface area contributed by atoms with Crippen molar-refractivity contribution in [2.24, 2.45) is 0 Å². The third kappa shape index (κ3) is 3.63. The van der Waals surface area contributed by atoms with Gasteiger partial charge in [0.2, 0.25) is 5.95 Å². The van der Waals surface area contributed by atoms with Gasteiger partial charge in [0, 0.05) is 25.7 Å². The summed E-state index contributed by atoms with van der Waals surface area (Å²) in [5.74, 6) is -1.40. The lowest BCUT2D eigenvalue weighted by Crippen LogP contribution is -2.58. The topological polar surface area (TPSA) is 72.0 Å². The normalized spacial score (nSPS) is 20.4. The van der Waals surface area contributed by atoms with E-state index >= 15 is 0 Å². The van der Waals surface area contributed by atoms with Gasteiger partial charge in [-0.2, -0.15) is 4.39 Å². The maximum atomic E-state index is 14.1. The molecule has 2 aliphatic heterocycles. The molecule has 1 fully saturated rings. The molecule has 1 saturated heterocycles. The zero-order valence-electron chi connectivity index (χ0n) is 14.2. The van der Waals surface area contributed by atoms with Gasteiger partial charge in [-0.05, 0) is 20.8 Å². The van der Waals surface area contributed by atoms with Crippen molar-refractivity contribution in [3.05, 3.63) is 22.7 Å². The lowest BCUT2D eigenvalue weighted by molar-refractivity contribution is 0.000892. The number of rotatable bonds is 0. The van der Waals surface area contributed by atoms with Gasteiger partial charge >= 0.3 is 6.09 Å². The summed E-state index contributed by atoms with van der Waals surface area (Å²) in [5, 5.41) is -0.0840. The molecule has 3 heterocycles. The Bertz CT molecular complexity index is 722. The van der Waals surface area contributed by atoms with E-state index in [0.717, 1.165) is 0 Å². The molecule has 1 aromatic rings. The van der Waals surface area contributed by atoms with Crippen LogP contribution >= 0.6 is 11.6 Å². The lowest BCUT2D eigenvalue weighted by atomic mass is 10.1. The fraction of sp³-hybridized carbons (Fsp3) is 0.562. The molecule has 2 amide bonds. The number of hydrogen-bond donors (Lipinski definition) is 0. The Morgan fingerprint density at radius 3 is 2.84 bits per heavy atom. The Balaban J connectivity index is 1.80. The monoisotopic (exact) mass is 371 g/mol. The van der Waals surface area contributed by atoms with Crippen LogP contribution in [-0.4, -0.2) is 64.7 Å². The minimum atomic E-state index is -0.956. The first-order valence-electron chi connectivity index (χ1n) is 7.93. The highest BCUT2D eigenvalue weighted by Gasteiger charge is 2.39. The van der Waals surface area contributed by atoms with Gasteiger partial charge < -0.3 is 19.3 Å². The maximum Gasteiger partial charge on any atom is 0.410 e. The molecule has 3 rings (SSSR count). The van der Waals surface area contributed by atoms with Crippen LogP contribution in [0, 0.1) is 5.95 Å². The predicted molar refractivity (Wildman–Crippen MR) is 87.3 cm³/mol. The van der Waals surface area contributed by atoms with Gasteiger partial charge in [0.1, 0.15) is 28.7 Å². The van der Waals surface area contributed by atoms with Crippen LogP contribution in [0.2, 0.25) is 5.15 Å². The number of halogens is 2. The first-order valence-corrected chi connectivity index (χ1v) is 8.31. The molecule has 25 heavy (non-hydrogen) atoms. The van der Waals surface area contributed by atoms with Crippen molar-refractivity contribution in [3.8, 4) is 5.75 Å². The molecular formula is C16H19ClFN3O4. The van der Waals surface area contributed by atoms with Crippen molar-refractivity contribution in [2.75, 3.05) is 26.2 Å². The summed E-state index contributed by atoms with van der Waals surface area (Å²) >= 11 is 5.74. The number of hydrogen-bond acceptors (Lipinski definition) is 5. The Labute approximate surface area is 149 Å². The van der Waals surface area contributed by atoms with Gasteiger partial charge in [-0.3, -0.25) is 4.79 Å². The van der Waals surface area contributed by atoms with Crippen molar-refractivity contribution in [2.45, 2.75) is 32.4 Å². The molecule has 0 aliphatic carbocycles. The number of nitrogens with zero attached hydrogens (tertiary/aromatic N) is 3. The highest BCUT2D eigenvalue weighted by atomic mass is 35.5. The van der Waals surface area contributed by atoms with E-state index in [1.807, 2.05) is 0 Å². The summed E-state index contributed by atoms with van der Waals surface area (Å²) in [6.45, 7) is 6.29. The number of amides is 2. The Morgan fingerprint density at radius 2 is 2.16 bits per heavy atom. The van der Waals surface area contributed by atoms with Crippen LogP contribution in [0.15, 0.2) is 6.07 Å². The van der Waals surface area contributed by atoms with Crippen molar-refractivity contribution >= 4 is 23.6 Å². The van der Waals surface area contributed by atoms with Crippen LogP contribution in [0.1, 0.15) is 31.1 Å². The van der Waals surface area contributed by atoms with Crippen LogP contribution in [0.4, 0.5) is 9.18 Å². The minimum absolute atomic E-state index is 0.0701. The van der Waals surface area contributed by atoms with Crippen molar-refractivity contribution in [3.63, 3.8) is 0 Å². The number of ether oxygens (including phenoxy) is 2. The van der Waals surface area contributed by atoms with Gasteiger partial charge in [0.05, 0.1) is 6.04 Å². The number of pyridine rings is 1. The minimum Gasteiger partial charge on any atom is -0.490 e. The summed E-state index contributed by atoms with van der Waals surface area (Å²) in [6.07, 6.45) is -0.447. The van der Waals surface area contributed by atoms with E-state index in [4.69, 9.17) is 21.1 Å². The predicted octanol–water partition coefficient (Wildman–Crippen LogP) is 2.33. The largest absolute Gasteiger partial charge is 0.490 e. The molecule has 136 valence electrons. The maximum absolute atomic E-state index is 14.1. The summed E-state index contributed by atoms with van der Waals surface area (Å²) in [4.78, 5) is 31.5. The van der Waals surface area contributed by atoms with Crippen LogP contribution in [-0.2, 0) is 4.74 Å². The molecule has 0 radical (unpaired) electrons. The second-order valence-electron chi connectivity index (χ2n) is 7.00. The lowest BCUT2D eigenvalue weighted by Gasteiger charge is -2.40. The Hall–Kier alpha value is -2.09. The van der Waals surface area contributed by atoms with Crippen LogP contribution in [0.3, 0.4) is 0 Å². The summed E-state index contributed by atoms with van der Waals surface area (Å²) in [7, 11) is 0.